The number of rotatable bonds is 2. The highest BCUT2D eigenvalue weighted by atomic mass is 35.5. The summed E-state index contributed by atoms with van der Waals surface area (Å²) in [4.78, 5) is 5.41. The summed E-state index contributed by atoms with van der Waals surface area (Å²) in [5.41, 5.74) is 7.85. The van der Waals surface area contributed by atoms with Crippen LogP contribution in [0.3, 0.4) is 0 Å². The van der Waals surface area contributed by atoms with Crippen molar-refractivity contribution in [2.24, 2.45) is 5.73 Å². The molecule has 19 heavy (non-hydrogen) atoms. The van der Waals surface area contributed by atoms with Crippen LogP contribution in [0.15, 0.2) is 18.2 Å². The fraction of sp³-hybridized carbons (Fsp3) is 0.500. The van der Waals surface area contributed by atoms with Gasteiger partial charge in [0.05, 0.1) is 0 Å². The molecule has 1 aromatic rings. The first-order valence-electron chi connectivity index (χ1n) is 6.73. The molecule has 2 fully saturated rings. The molecule has 0 aliphatic carbocycles. The van der Waals surface area contributed by atoms with E-state index in [2.05, 4.69) is 9.80 Å². The van der Waals surface area contributed by atoms with Crippen LogP contribution in [0.1, 0.15) is 18.4 Å². The Hall–Kier alpha value is -0.840. The second kappa shape index (κ2) is 5.27. The van der Waals surface area contributed by atoms with Gasteiger partial charge in [0.25, 0.3) is 0 Å². The first-order chi connectivity index (χ1) is 9.15. The van der Waals surface area contributed by atoms with Crippen LogP contribution < -0.4 is 10.6 Å². The Kier molecular flexibility index (Phi) is 3.65. The minimum Gasteiger partial charge on any atom is -0.389 e. The maximum Gasteiger partial charge on any atom is 0.106 e. The summed E-state index contributed by atoms with van der Waals surface area (Å²) in [6, 6.07) is 6.44. The summed E-state index contributed by atoms with van der Waals surface area (Å²) in [5.74, 6) is 0. The largest absolute Gasteiger partial charge is 0.389 e. The molecule has 2 aliphatic heterocycles. The Balaban J connectivity index is 1.89. The molecule has 1 unspecified atom stereocenters. The van der Waals surface area contributed by atoms with Crippen molar-refractivity contribution in [2.75, 3.05) is 31.1 Å². The normalized spacial score (nSPS) is 23.4. The molecule has 2 heterocycles. The molecule has 0 aromatic heterocycles. The Morgan fingerprint density at radius 3 is 2.95 bits per heavy atom. The van der Waals surface area contributed by atoms with Crippen molar-refractivity contribution >= 4 is 34.5 Å². The van der Waals surface area contributed by atoms with E-state index in [-0.39, 0.29) is 0 Å². The van der Waals surface area contributed by atoms with Gasteiger partial charge in [-0.15, -0.1) is 0 Å². The molecule has 1 aromatic carbocycles. The van der Waals surface area contributed by atoms with Crippen LogP contribution in [-0.4, -0.2) is 42.1 Å². The van der Waals surface area contributed by atoms with Crippen LogP contribution in [0.2, 0.25) is 5.02 Å². The standard InChI is InChI=1S/C14H18ClN3S/c15-10-3-4-12(14(16)19)13(8-10)18-7-6-17-5-1-2-11(17)9-18/h3-4,8,11H,1-2,5-7,9H2,(H2,16,19). The number of halogens is 1. The molecule has 0 spiro atoms. The fourth-order valence-electron chi connectivity index (χ4n) is 3.18. The first-order valence-corrected chi connectivity index (χ1v) is 7.52. The van der Waals surface area contributed by atoms with Crippen LogP contribution in [0, 0.1) is 0 Å². The highest BCUT2D eigenvalue weighted by Crippen LogP contribution is 2.29. The number of fused-ring (bicyclic) bond motifs is 1. The number of thiocarbonyl (C=S) groups is 1. The lowest BCUT2D eigenvalue weighted by molar-refractivity contribution is 0.231. The van der Waals surface area contributed by atoms with Gasteiger partial charge < -0.3 is 10.6 Å². The summed E-state index contributed by atoms with van der Waals surface area (Å²) >= 11 is 11.3. The van der Waals surface area contributed by atoms with Crippen molar-refractivity contribution in [3.05, 3.63) is 28.8 Å². The maximum absolute atomic E-state index is 6.13. The van der Waals surface area contributed by atoms with Crippen molar-refractivity contribution in [1.29, 1.82) is 0 Å². The van der Waals surface area contributed by atoms with Gasteiger partial charge in [-0.3, -0.25) is 4.90 Å². The highest BCUT2D eigenvalue weighted by Gasteiger charge is 2.31. The second-order valence-corrected chi connectivity index (χ2v) is 6.18. The van der Waals surface area contributed by atoms with E-state index in [4.69, 9.17) is 29.6 Å². The number of hydrogen-bond donors (Lipinski definition) is 1. The van der Waals surface area contributed by atoms with Gasteiger partial charge >= 0.3 is 0 Å². The monoisotopic (exact) mass is 295 g/mol. The van der Waals surface area contributed by atoms with Gasteiger partial charge in [-0.2, -0.15) is 0 Å². The molecular formula is C14H18ClN3S. The van der Waals surface area contributed by atoms with Crippen LogP contribution in [-0.2, 0) is 0 Å². The molecule has 5 heteroatoms. The average molecular weight is 296 g/mol. The molecule has 3 nitrogen and oxygen atoms in total. The summed E-state index contributed by atoms with van der Waals surface area (Å²) in [6.07, 6.45) is 2.61. The molecule has 2 N–H and O–H groups in total. The minimum atomic E-state index is 0.445. The zero-order valence-corrected chi connectivity index (χ0v) is 12.4. The van der Waals surface area contributed by atoms with Crippen molar-refractivity contribution < 1.29 is 0 Å². The lowest BCUT2D eigenvalue weighted by Crippen LogP contribution is -2.50. The third kappa shape index (κ3) is 2.57. The summed E-state index contributed by atoms with van der Waals surface area (Å²) in [7, 11) is 0. The predicted octanol–water partition coefficient (Wildman–Crippen LogP) is 2.26. The van der Waals surface area contributed by atoms with E-state index in [1.165, 1.54) is 19.4 Å². The summed E-state index contributed by atoms with van der Waals surface area (Å²) in [5, 5.41) is 0.740. The number of benzene rings is 1. The van der Waals surface area contributed by atoms with Crippen molar-refractivity contribution in [1.82, 2.24) is 4.90 Å². The van der Waals surface area contributed by atoms with Crippen molar-refractivity contribution in [3.8, 4) is 0 Å². The molecule has 3 rings (SSSR count). The summed E-state index contributed by atoms with van der Waals surface area (Å²) in [6.45, 7) is 4.44. The number of hydrogen-bond acceptors (Lipinski definition) is 3. The molecular weight excluding hydrogens is 278 g/mol. The third-order valence-corrected chi connectivity index (χ3v) is 4.61. The van der Waals surface area contributed by atoms with Gasteiger partial charge in [0.2, 0.25) is 0 Å². The van der Waals surface area contributed by atoms with E-state index >= 15 is 0 Å². The topological polar surface area (TPSA) is 32.5 Å². The van der Waals surface area contributed by atoms with Crippen LogP contribution >= 0.6 is 23.8 Å². The quantitative estimate of drug-likeness (QED) is 0.849. The SMILES string of the molecule is NC(=S)c1ccc(Cl)cc1N1CCN2CCCC2C1. The van der Waals surface area contributed by atoms with Crippen LogP contribution in [0.25, 0.3) is 0 Å². The van der Waals surface area contributed by atoms with E-state index in [1.807, 2.05) is 18.2 Å². The number of piperazine rings is 1. The van der Waals surface area contributed by atoms with Gasteiger partial charge in [-0.05, 0) is 37.6 Å². The van der Waals surface area contributed by atoms with Crippen LogP contribution in [0.4, 0.5) is 5.69 Å². The molecule has 1 atom stereocenters. The van der Waals surface area contributed by atoms with Crippen LogP contribution in [0.5, 0.6) is 0 Å². The molecule has 0 radical (unpaired) electrons. The Bertz CT molecular complexity index is 505. The van der Waals surface area contributed by atoms with Crippen molar-refractivity contribution in [2.45, 2.75) is 18.9 Å². The Labute approximate surface area is 124 Å². The average Bonchev–Trinajstić information content (AvgIpc) is 2.85. The van der Waals surface area contributed by atoms with E-state index in [9.17, 15) is 0 Å². The van der Waals surface area contributed by atoms with E-state index in [0.717, 1.165) is 35.9 Å². The lowest BCUT2D eigenvalue weighted by atomic mass is 10.1. The smallest absolute Gasteiger partial charge is 0.106 e. The zero-order chi connectivity index (χ0) is 13.4. The van der Waals surface area contributed by atoms with E-state index < -0.39 is 0 Å². The van der Waals surface area contributed by atoms with Gasteiger partial charge in [0.1, 0.15) is 4.99 Å². The number of nitrogens with zero attached hydrogens (tertiary/aromatic N) is 2. The predicted molar refractivity (Wildman–Crippen MR) is 84.1 cm³/mol. The molecule has 102 valence electrons. The molecule has 2 aliphatic rings. The van der Waals surface area contributed by atoms with E-state index in [0.29, 0.717) is 11.0 Å². The number of anilines is 1. The van der Waals surface area contributed by atoms with Gasteiger partial charge in [-0.25, -0.2) is 0 Å². The van der Waals surface area contributed by atoms with E-state index in [1.54, 1.807) is 0 Å². The molecule has 2 saturated heterocycles. The number of nitrogens with two attached hydrogens (primary N) is 1. The van der Waals surface area contributed by atoms with Gasteiger partial charge in [0, 0.05) is 41.9 Å². The lowest BCUT2D eigenvalue weighted by Gasteiger charge is -2.39. The van der Waals surface area contributed by atoms with Crippen molar-refractivity contribution in [3.63, 3.8) is 0 Å². The molecule has 0 bridgehead atoms. The second-order valence-electron chi connectivity index (χ2n) is 5.30. The Morgan fingerprint density at radius 2 is 2.16 bits per heavy atom. The molecule has 0 saturated carbocycles. The Morgan fingerprint density at radius 1 is 1.32 bits per heavy atom. The third-order valence-electron chi connectivity index (χ3n) is 4.15. The maximum atomic E-state index is 6.13. The minimum absolute atomic E-state index is 0.445. The highest BCUT2D eigenvalue weighted by molar-refractivity contribution is 7.80. The molecule has 0 amide bonds. The van der Waals surface area contributed by atoms with Gasteiger partial charge in [0.15, 0.2) is 0 Å². The summed E-state index contributed by atoms with van der Waals surface area (Å²) < 4.78 is 0. The zero-order valence-electron chi connectivity index (χ0n) is 10.8. The first kappa shape index (κ1) is 13.2. The van der Waals surface area contributed by atoms with Gasteiger partial charge in [-0.1, -0.05) is 23.8 Å². The fourth-order valence-corrected chi connectivity index (χ4v) is 3.52.